The van der Waals surface area contributed by atoms with Gasteiger partial charge >= 0.3 is 29.6 Å². The molecule has 1 aliphatic rings. The Morgan fingerprint density at radius 3 is 2.28 bits per heavy atom. The van der Waals surface area contributed by atoms with E-state index in [1.54, 1.807) is 35.2 Å². The van der Waals surface area contributed by atoms with Crippen molar-refractivity contribution in [2.45, 2.75) is 6.10 Å². The number of carboxylic acid groups (broad SMARTS) is 1. The van der Waals surface area contributed by atoms with Gasteiger partial charge in [-0.25, -0.2) is 0 Å². The maximum atomic E-state index is 13.1. The van der Waals surface area contributed by atoms with E-state index in [0.717, 1.165) is 7.14 Å². The Balaban J connectivity index is 0.00000300. The van der Waals surface area contributed by atoms with E-state index in [-0.39, 0.29) is 35.5 Å². The van der Waals surface area contributed by atoms with Crippen LogP contribution in [-0.2, 0) is 9.53 Å². The summed E-state index contributed by atoms with van der Waals surface area (Å²) in [5, 5.41) is 11.7. The number of morpholine rings is 1. The molecule has 0 saturated carbocycles. The SMILES string of the molecule is O=C([O-])C(Oc1c(I)cc(I)c(C(=O)N2CCOCC2)c1I)c1ccccc1.[Na+]. The van der Waals surface area contributed by atoms with E-state index in [1.165, 1.54) is 0 Å². The Hall–Kier alpha value is 0.330. The number of hydrogen-bond acceptors (Lipinski definition) is 5. The molecule has 10 heteroatoms. The molecule has 1 unspecified atom stereocenters. The van der Waals surface area contributed by atoms with Crippen LogP contribution in [0.2, 0.25) is 0 Å². The van der Waals surface area contributed by atoms with E-state index in [4.69, 9.17) is 9.47 Å². The van der Waals surface area contributed by atoms with Gasteiger partial charge < -0.3 is 24.3 Å². The number of carbonyl (C=O) groups is 2. The largest absolute Gasteiger partial charge is 1.00 e. The molecular formula is C19H15I3NNaO5. The van der Waals surface area contributed by atoms with Crippen molar-refractivity contribution in [2.75, 3.05) is 26.3 Å². The van der Waals surface area contributed by atoms with Gasteiger partial charge in [-0.3, -0.25) is 4.79 Å². The van der Waals surface area contributed by atoms with Crippen LogP contribution in [0.15, 0.2) is 36.4 Å². The van der Waals surface area contributed by atoms with Crippen molar-refractivity contribution in [1.29, 1.82) is 0 Å². The van der Waals surface area contributed by atoms with Gasteiger partial charge in [0.2, 0.25) is 0 Å². The molecule has 1 aliphatic heterocycles. The van der Waals surface area contributed by atoms with Crippen LogP contribution in [0.4, 0.5) is 0 Å². The van der Waals surface area contributed by atoms with Crippen LogP contribution in [-0.4, -0.2) is 43.1 Å². The van der Waals surface area contributed by atoms with Crippen LogP contribution in [0.25, 0.3) is 0 Å². The molecule has 0 spiro atoms. The predicted octanol–water partition coefficient (Wildman–Crippen LogP) is -0.153. The summed E-state index contributed by atoms with van der Waals surface area (Å²) in [6, 6.07) is 10.5. The smallest absolute Gasteiger partial charge is 0.546 e. The number of carboxylic acids is 1. The van der Waals surface area contributed by atoms with Gasteiger partial charge in [-0.15, -0.1) is 0 Å². The summed E-state index contributed by atoms with van der Waals surface area (Å²) in [7, 11) is 0. The molecule has 1 atom stereocenters. The second kappa shape index (κ2) is 11.8. The van der Waals surface area contributed by atoms with E-state index in [0.29, 0.717) is 46.7 Å². The van der Waals surface area contributed by atoms with Crippen molar-refractivity contribution in [3.8, 4) is 5.75 Å². The van der Waals surface area contributed by atoms with Gasteiger partial charge in [-0.05, 0) is 79.4 Å². The Kier molecular flexibility index (Phi) is 10.4. The topological polar surface area (TPSA) is 78.9 Å². The fourth-order valence-electron chi connectivity index (χ4n) is 2.80. The third kappa shape index (κ3) is 6.19. The molecule has 29 heavy (non-hydrogen) atoms. The van der Waals surface area contributed by atoms with Crippen molar-refractivity contribution in [2.24, 2.45) is 0 Å². The first kappa shape index (κ1) is 25.6. The number of ether oxygens (including phenoxy) is 2. The zero-order chi connectivity index (χ0) is 20.3. The first-order valence-electron chi connectivity index (χ1n) is 8.37. The van der Waals surface area contributed by atoms with Crippen LogP contribution >= 0.6 is 67.8 Å². The molecule has 0 bridgehead atoms. The zero-order valence-electron chi connectivity index (χ0n) is 15.5. The normalized spacial score (nSPS) is 14.7. The van der Waals surface area contributed by atoms with E-state index in [9.17, 15) is 14.7 Å². The molecule has 0 N–H and O–H groups in total. The number of rotatable bonds is 5. The minimum atomic E-state index is -1.34. The molecule has 0 radical (unpaired) electrons. The van der Waals surface area contributed by atoms with E-state index < -0.39 is 12.1 Å². The summed E-state index contributed by atoms with van der Waals surface area (Å²) < 4.78 is 13.3. The standard InChI is InChI=1S/C19H16I3NO5.Na/c20-12-10-13(21)17(28-16(19(25)26)11-4-2-1-3-5-11)15(22)14(12)18(24)23-6-8-27-9-7-23;/h1-5,10,16H,6-9H2,(H,25,26);/q;+1/p-1. The fourth-order valence-corrected chi connectivity index (χ4v) is 6.89. The van der Waals surface area contributed by atoms with Crippen molar-refractivity contribution < 1.29 is 53.7 Å². The summed E-state index contributed by atoms with van der Waals surface area (Å²) in [6.45, 7) is 2.07. The Morgan fingerprint density at radius 2 is 1.69 bits per heavy atom. The number of aliphatic carboxylic acids is 1. The van der Waals surface area contributed by atoms with Crippen LogP contribution in [0, 0.1) is 10.7 Å². The Labute approximate surface area is 231 Å². The molecule has 1 fully saturated rings. The predicted molar refractivity (Wildman–Crippen MR) is 126 cm³/mol. The molecule has 0 aromatic heterocycles. The molecule has 1 heterocycles. The van der Waals surface area contributed by atoms with Gasteiger partial charge in [0, 0.05) is 16.7 Å². The number of hydrogen-bond donors (Lipinski definition) is 0. The second-order valence-corrected chi connectivity index (χ2v) is 9.39. The Morgan fingerprint density at radius 1 is 1.07 bits per heavy atom. The molecule has 148 valence electrons. The van der Waals surface area contributed by atoms with Crippen molar-refractivity contribution in [1.82, 2.24) is 4.90 Å². The molecule has 2 aromatic rings. The van der Waals surface area contributed by atoms with E-state index in [1.807, 2.05) is 6.07 Å². The maximum Gasteiger partial charge on any atom is 1.00 e. The molecule has 3 rings (SSSR count). The van der Waals surface area contributed by atoms with E-state index in [2.05, 4.69) is 67.8 Å². The minimum absolute atomic E-state index is 0. The van der Waals surface area contributed by atoms with Gasteiger partial charge in [-0.1, -0.05) is 30.3 Å². The summed E-state index contributed by atoms with van der Waals surface area (Å²) >= 11 is 6.27. The van der Waals surface area contributed by atoms with Gasteiger partial charge in [0.25, 0.3) is 5.91 Å². The minimum Gasteiger partial charge on any atom is -0.546 e. The number of benzene rings is 2. The first-order chi connectivity index (χ1) is 13.4. The van der Waals surface area contributed by atoms with Crippen molar-refractivity contribution in [3.05, 3.63) is 58.2 Å². The van der Waals surface area contributed by atoms with Crippen LogP contribution in [0.3, 0.4) is 0 Å². The molecule has 0 aliphatic carbocycles. The van der Waals surface area contributed by atoms with Crippen LogP contribution in [0.1, 0.15) is 22.0 Å². The van der Waals surface area contributed by atoms with E-state index >= 15 is 0 Å². The van der Waals surface area contributed by atoms with Gasteiger partial charge in [0.15, 0.2) is 6.10 Å². The number of carbonyl (C=O) groups excluding carboxylic acids is 2. The summed E-state index contributed by atoms with van der Waals surface area (Å²) in [4.78, 5) is 26.5. The van der Waals surface area contributed by atoms with Gasteiger partial charge in [-0.2, -0.15) is 0 Å². The Bertz CT molecular complexity index is 891. The maximum absolute atomic E-state index is 13.1. The van der Waals surface area contributed by atoms with Crippen LogP contribution < -0.4 is 39.4 Å². The molecule has 6 nitrogen and oxygen atoms in total. The molecular weight excluding hydrogens is 726 g/mol. The van der Waals surface area contributed by atoms with Gasteiger partial charge in [0.05, 0.1) is 31.9 Å². The van der Waals surface area contributed by atoms with Crippen molar-refractivity contribution in [3.63, 3.8) is 0 Å². The fraction of sp³-hybridized carbons (Fsp3) is 0.263. The number of halogens is 3. The summed E-state index contributed by atoms with van der Waals surface area (Å²) in [5.74, 6) is -1.07. The van der Waals surface area contributed by atoms with Gasteiger partial charge in [0.1, 0.15) is 5.75 Å². The quantitative estimate of drug-likeness (QED) is 0.315. The third-order valence-corrected chi connectivity index (χ3v) is 6.87. The molecule has 2 aromatic carbocycles. The second-order valence-electron chi connectivity index (χ2n) is 5.99. The molecule has 1 amide bonds. The average Bonchev–Trinajstić information content (AvgIpc) is 2.68. The number of amides is 1. The zero-order valence-corrected chi connectivity index (χ0v) is 24.0. The summed E-state index contributed by atoms with van der Waals surface area (Å²) in [5.41, 5.74) is 0.998. The van der Waals surface area contributed by atoms with Crippen molar-refractivity contribution >= 4 is 79.6 Å². The third-order valence-electron chi connectivity index (χ3n) is 4.19. The average molecular weight is 741 g/mol. The summed E-state index contributed by atoms with van der Waals surface area (Å²) in [6.07, 6.45) is -1.27. The monoisotopic (exact) mass is 741 g/mol. The van der Waals surface area contributed by atoms with Crippen LogP contribution in [0.5, 0.6) is 5.75 Å². The molecule has 1 saturated heterocycles. The number of nitrogens with zero attached hydrogens (tertiary/aromatic N) is 1. The first-order valence-corrected chi connectivity index (χ1v) is 11.6.